The van der Waals surface area contributed by atoms with Gasteiger partial charge in [0.1, 0.15) is 11.6 Å². The zero-order valence-electron chi connectivity index (χ0n) is 21.1. The van der Waals surface area contributed by atoms with E-state index in [1.807, 2.05) is 4.72 Å². The minimum atomic E-state index is -4.24. The highest BCUT2D eigenvalue weighted by Crippen LogP contribution is 2.30. The van der Waals surface area contributed by atoms with Crippen LogP contribution in [0.1, 0.15) is 22.9 Å². The van der Waals surface area contributed by atoms with Gasteiger partial charge >= 0.3 is 12.1 Å². The molecule has 40 heavy (non-hydrogen) atoms. The van der Waals surface area contributed by atoms with Crippen LogP contribution < -0.4 is 15.4 Å². The largest absolute Gasteiger partial charge is 0.465 e. The standard InChI is InChI=1S/C28H24F2N4O5S/c1-17-5-2-3-7-25(17)40(38,39)34-27(35)33-24(15-18-13-20(29)16-21(30)14-18)26-23(6-4-12-31-26)19-8-10-22(11-9-19)32-28(36)37/h2-14,16,24,32H,15H2,1H3,(H,36,37)(H2,33,34,35). The van der Waals surface area contributed by atoms with Crippen LogP contribution in [0.2, 0.25) is 0 Å². The SMILES string of the molecule is Cc1ccccc1S(=O)(=O)NC(=O)NC(Cc1cc(F)cc(F)c1)c1ncccc1-c1ccc(NC(=O)O)cc1. The van der Waals surface area contributed by atoms with Gasteiger partial charge in [-0.2, -0.15) is 0 Å². The molecule has 3 aromatic carbocycles. The summed E-state index contributed by atoms with van der Waals surface area (Å²) in [6, 6.07) is 16.6. The van der Waals surface area contributed by atoms with Crippen LogP contribution in [0.5, 0.6) is 0 Å². The van der Waals surface area contributed by atoms with Crippen molar-refractivity contribution in [2.45, 2.75) is 24.3 Å². The summed E-state index contributed by atoms with van der Waals surface area (Å²) >= 11 is 0. The molecule has 4 aromatic rings. The monoisotopic (exact) mass is 566 g/mol. The second-order valence-corrected chi connectivity index (χ2v) is 10.5. The molecule has 3 amide bonds. The first-order valence-corrected chi connectivity index (χ1v) is 13.4. The number of carbonyl (C=O) groups excluding carboxylic acids is 1. The van der Waals surface area contributed by atoms with Gasteiger partial charge in [0.25, 0.3) is 10.0 Å². The lowest BCUT2D eigenvalue weighted by Crippen LogP contribution is -2.42. The maximum absolute atomic E-state index is 14.0. The Labute approximate surface area is 229 Å². The third-order valence-electron chi connectivity index (χ3n) is 5.89. The van der Waals surface area contributed by atoms with Gasteiger partial charge in [-0.25, -0.2) is 31.5 Å². The van der Waals surface area contributed by atoms with E-state index in [9.17, 15) is 26.8 Å². The van der Waals surface area contributed by atoms with Gasteiger partial charge in [-0.05, 0) is 66.4 Å². The number of nitrogens with one attached hydrogen (secondary N) is 3. The van der Waals surface area contributed by atoms with E-state index in [1.54, 1.807) is 43.3 Å². The van der Waals surface area contributed by atoms with E-state index in [-0.39, 0.29) is 22.6 Å². The molecule has 206 valence electrons. The van der Waals surface area contributed by atoms with E-state index in [0.29, 0.717) is 28.4 Å². The minimum Gasteiger partial charge on any atom is -0.465 e. The number of carbonyl (C=O) groups is 2. The van der Waals surface area contributed by atoms with Crippen molar-refractivity contribution in [2.24, 2.45) is 0 Å². The van der Waals surface area contributed by atoms with Gasteiger partial charge in [0, 0.05) is 23.5 Å². The number of urea groups is 1. The predicted octanol–water partition coefficient (Wildman–Crippen LogP) is 5.40. The summed E-state index contributed by atoms with van der Waals surface area (Å²) in [6.45, 7) is 1.59. The average Bonchev–Trinajstić information content (AvgIpc) is 2.88. The molecular weight excluding hydrogens is 542 g/mol. The summed E-state index contributed by atoms with van der Waals surface area (Å²) in [7, 11) is -4.24. The number of amides is 3. The maximum atomic E-state index is 14.0. The van der Waals surface area contributed by atoms with E-state index >= 15 is 0 Å². The van der Waals surface area contributed by atoms with Crippen molar-refractivity contribution in [1.29, 1.82) is 0 Å². The van der Waals surface area contributed by atoms with Crippen LogP contribution in [-0.4, -0.2) is 30.6 Å². The van der Waals surface area contributed by atoms with Gasteiger partial charge in [0.15, 0.2) is 0 Å². The smallest absolute Gasteiger partial charge is 0.409 e. The zero-order chi connectivity index (χ0) is 28.9. The van der Waals surface area contributed by atoms with E-state index < -0.39 is 39.8 Å². The van der Waals surface area contributed by atoms with Gasteiger partial charge in [0.05, 0.1) is 16.6 Å². The molecule has 0 fully saturated rings. The quantitative estimate of drug-likeness (QED) is 0.226. The van der Waals surface area contributed by atoms with E-state index in [1.165, 1.54) is 30.5 Å². The Morgan fingerprint density at radius 1 is 0.950 bits per heavy atom. The highest BCUT2D eigenvalue weighted by molar-refractivity contribution is 7.90. The molecule has 9 nitrogen and oxygen atoms in total. The molecule has 0 spiro atoms. The molecule has 4 rings (SSSR count). The Bertz CT molecular complexity index is 1640. The fourth-order valence-corrected chi connectivity index (χ4v) is 5.36. The van der Waals surface area contributed by atoms with Crippen LogP contribution >= 0.6 is 0 Å². The van der Waals surface area contributed by atoms with Crippen LogP contribution in [0, 0.1) is 18.6 Å². The number of hydrogen-bond acceptors (Lipinski definition) is 5. The summed E-state index contributed by atoms with van der Waals surface area (Å²) in [5.41, 5.74) is 2.36. The maximum Gasteiger partial charge on any atom is 0.409 e. The number of aryl methyl sites for hydroxylation is 1. The van der Waals surface area contributed by atoms with Crippen molar-refractivity contribution in [1.82, 2.24) is 15.0 Å². The number of nitrogens with zero attached hydrogens (tertiary/aromatic N) is 1. The Morgan fingerprint density at radius 2 is 1.62 bits per heavy atom. The number of carboxylic acid groups (broad SMARTS) is 1. The first-order valence-electron chi connectivity index (χ1n) is 11.9. The number of pyridine rings is 1. The van der Waals surface area contributed by atoms with E-state index in [4.69, 9.17) is 5.11 Å². The number of sulfonamides is 1. The average molecular weight is 567 g/mol. The molecule has 1 aromatic heterocycles. The summed E-state index contributed by atoms with van der Waals surface area (Å²) in [6.07, 6.45) is 0.102. The van der Waals surface area contributed by atoms with Crippen molar-refractivity contribution in [3.05, 3.63) is 114 Å². The lowest BCUT2D eigenvalue weighted by molar-refractivity contribution is 0.209. The van der Waals surface area contributed by atoms with Crippen LogP contribution in [0.25, 0.3) is 11.1 Å². The van der Waals surface area contributed by atoms with Crippen molar-refractivity contribution in [3.63, 3.8) is 0 Å². The predicted molar refractivity (Wildman–Crippen MR) is 144 cm³/mol. The van der Waals surface area contributed by atoms with Crippen LogP contribution in [0.3, 0.4) is 0 Å². The van der Waals surface area contributed by atoms with Crippen LogP contribution in [0.15, 0.2) is 90.0 Å². The molecule has 0 aliphatic carbocycles. The number of anilines is 1. The van der Waals surface area contributed by atoms with Gasteiger partial charge in [-0.3, -0.25) is 10.3 Å². The number of hydrogen-bond donors (Lipinski definition) is 4. The third-order valence-corrected chi connectivity index (χ3v) is 7.38. The second kappa shape index (κ2) is 11.9. The zero-order valence-corrected chi connectivity index (χ0v) is 21.9. The van der Waals surface area contributed by atoms with Crippen molar-refractivity contribution < 1.29 is 31.9 Å². The number of halogens is 2. The molecule has 1 unspecified atom stereocenters. The van der Waals surface area contributed by atoms with Gasteiger partial charge in [0.2, 0.25) is 0 Å². The van der Waals surface area contributed by atoms with E-state index in [0.717, 1.165) is 12.1 Å². The molecule has 0 saturated carbocycles. The summed E-state index contributed by atoms with van der Waals surface area (Å²) in [5.74, 6) is -1.63. The Hall–Kier alpha value is -4.84. The third kappa shape index (κ3) is 6.97. The molecule has 12 heteroatoms. The molecule has 0 bridgehead atoms. The molecule has 0 saturated heterocycles. The number of benzene rings is 3. The highest BCUT2D eigenvalue weighted by atomic mass is 32.2. The van der Waals surface area contributed by atoms with Gasteiger partial charge in [-0.15, -0.1) is 0 Å². The fraction of sp³-hybridized carbons (Fsp3) is 0.107. The summed E-state index contributed by atoms with van der Waals surface area (Å²) in [5, 5.41) is 13.8. The molecule has 1 heterocycles. The molecule has 4 N–H and O–H groups in total. The molecule has 1 atom stereocenters. The van der Waals surface area contributed by atoms with Crippen molar-refractivity contribution in [2.75, 3.05) is 5.32 Å². The minimum absolute atomic E-state index is 0.0810. The lowest BCUT2D eigenvalue weighted by Gasteiger charge is -2.22. The topological polar surface area (TPSA) is 137 Å². The van der Waals surface area contributed by atoms with Crippen molar-refractivity contribution in [3.8, 4) is 11.1 Å². The first-order chi connectivity index (χ1) is 19.0. The number of aromatic nitrogens is 1. The van der Waals surface area contributed by atoms with Gasteiger partial charge < -0.3 is 10.4 Å². The Morgan fingerprint density at radius 3 is 2.27 bits per heavy atom. The van der Waals surface area contributed by atoms with Gasteiger partial charge in [-0.1, -0.05) is 36.4 Å². The van der Waals surface area contributed by atoms with Crippen molar-refractivity contribution >= 4 is 27.8 Å². The second-order valence-electron chi connectivity index (χ2n) is 8.82. The molecule has 0 aliphatic rings. The van der Waals surface area contributed by atoms with Crippen LogP contribution in [-0.2, 0) is 16.4 Å². The molecular formula is C28H24F2N4O5S. The molecule has 0 radical (unpaired) electrons. The summed E-state index contributed by atoms with van der Waals surface area (Å²) in [4.78, 5) is 28.3. The number of rotatable bonds is 8. The van der Waals surface area contributed by atoms with E-state index in [2.05, 4.69) is 15.6 Å². The summed E-state index contributed by atoms with van der Waals surface area (Å²) < 4.78 is 55.7. The Kier molecular flexibility index (Phi) is 8.39. The Balaban J connectivity index is 1.69. The normalized spacial score (nSPS) is 11.9. The lowest BCUT2D eigenvalue weighted by atomic mass is 9.95. The first kappa shape index (κ1) is 28.2. The van der Waals surface area contributed by atoms with Crippen LogP contribution in [0.4, 0.5) is 24.1 Å². The highest BCUT2D eigenvalue weighted by Gasteiger charge is 2.25. The molecule has 0 aliphatic heterocycles. The fourth-order valence-electron chi connectivity index (χ4n) is 4.20.